The average Bonchev–Trinajstić information content (AvgIpc) is 3.33. The van der Waals surface area contributed by atoms with Gasteiger partial charge < -0.3 is 9.88 Å². The van der Waals surface area contributed by atoms with Gasteiger partial charge in [-0.15, -0.1) is 0 Å². The minimum absolute atomic E-state index is 0.0717. The zero-order chi connectivity index (χ0) is 19.1. The van der Waals surface area contributed by atoms with Gasteiger partial charge in [0, 0.05) is 43.5 Å². The van der Waals surface area contributed by atoms with E-state index < -0.39 is 0 Å². The highest BCUT2D eigenvalue weighted by Gasteiger charge is 2.35. The van der Waals surface area contributed by atoms with Crippen LogP contribution in [0.15, 0.2) is 30.5 Å². The molecule has 1 amide bonds. The van der Waals surface area contributed by atoms with Crippen LogP contribution in [-0.2, 0) is 18.3 Å². The van der Waals surface area contributed by atoms with E-state index in [9.17, 15) is 4.79 Å². The highest BCUT2D eigenvalue weighted by atomic mass is 16.2. The number of H-pyrrole nitrogens is 1. The number of rotatable bonds is 4. The Labute approximate surface area is 159 Å². The first-order valence-electron chi connectivity index (χ1n) is 9.43. The number of nitrogens with one attached hydrogen (secondary N) is 1. The monoisotopic (exact) mass is 363 g/mol. The summed E-state index contributed by atoms with van der Waals surface area (Å²) in [6.45, 7) is 6.89. The number of amides is 1. The highest BCUT2D eigenvalue weighted by Crippen LogP contribution is 2.35. The zero-order valence-electron chi connectivity index (χ0n) is 16.3. The van der Waals surface area contributed by atoms with Gasteiger partial charge in [0.05, 0.1) is 5.69 Å². The van der Waals surface area contributed by atoms with Gasteiger partial charge in [0.1, 0.15) is 11.5 Å². The lowest BCUT2D eigenvalue weighted by Gasteiger charge is -2.22. The molecular formula is C21H25N5O. The number of aryl methyl sites for hydroxylation is 4. The van der Waals surface area contributed by atoms with Gasteiger partial charge in [0.15, 0.2) is 0 Å². The van der Waals surface area contributed by atoms with Gasteiger partial charge in [-0.05, 0) is 37.5 Å². The van der Waals surface area contributed by atoms with Crippen LogP contribution in [0.25, 0.3) is 11.4 Å². The van der Waals surface area contributed by atoms with Crippen molar-refractivity contribution in [3.63, 3.8) is 0 Å². The summed E-state index contributed by atoms with van der Waals surface area (Å²) in [4.78, 5) is 23.0. The van der Waals surface area contributed by atoms with E-state index in [0.717, 1.165) is 40.6 Å². The molecule has 1 fully saturated rings. The lowest BCUT2D eigenvalue weighted by molar-refractivity contribution is -0.117. The van der Waals surface area contributed by atoms with E-state index in [-0.39, 0.29) is 11.8 Å². The molecule has 1 saturated heterocycles. The summed E-state index contributed by atoms with van der Waals surface area (Å²) in [6, 6.07) is 8.21. The van der Waals surface area contributed by atoms with Crippen molar-refractivity contribution in [2.75, 3.05) is 11.4 Å². The Hall–Kier alpha value is -2.89. The van der Waals surface area contributed by atoms with Crippen LogP contribution in [0.5, 0.6) is 0 Å². The van der Waals surface area contributed by atoms with Gasteiger partial charge in [-0.2, -0.15) is 5.10 Å². The Bertz CT molecular complexity index is 1000. The molecule has 3 heterocycles. The van der Waals surface area contributed by atoms with Gasteiger partial charge in [0.2, 0.25) is 5.91 Å². The van der Waals surface area contributed by atoms with Crippen molar-refractivity contribution in [3.8, 4) is 11.4 Å². The zero-order valence-corrected chi connectivity index (χ0v) is 16.3. The molecule has 0 spiro atoms. The van der Waals surface area contributed by atoms with E-state index in [1.807, 2.05) is 29.6 Å². The van der Waals surface area contributed by atoms with E-state index in [0.29, 0.717) is 13.0 Å². The molecule has 1 aromatic carbocycles. The third-order valence-corrected chi connectivity index (χ3v) is 5.45. The van der Waals surface area contributed by atoms with Crippen molar-refractivity contribution in [1.29, 1.82) is 0 Å². The molecule has 140 valence electrons. The van der Waals surface area contributed by atoms with Gasteiger partial charge in [0.25, 0.3) is 0 Å². The fraction of sp³-hybridized carbons (Fsp3) is 0.381. The van der Waals surface area contributed by atoms with Crippen LogP contribution in [0.3, 0.4) is 0 Å². The molecule has 0 radical (unpaired) electrons. The summed E-state index contributed by atoms with van der Waals surface area (Å²) in [5, 5.41) is 4.23. The molecule has 3 aromatic rings. The maximum absolute atomic E-state index is 12.8. The summed E-state index contributed by atoms with van der Waals surface area (Å²) < 4.78 is 1.82. The topological polar surface area (TPSA) is 66.8 Å². The lowest BCUT2D eigenvalue weighted by Crippen LogP contribution is -2.26. The molecule has 0 saturated carbocycles. The van der Waals surface area contributed by atoms with E-state index in [1.165, 1.54) is 5.56 Å². The number of anilines is 1. The van der Waals surface area contributed by atoms with Gasteiger partial charge in [-0.1, -0.05) is 25.1 Å². The van der Waals surface area contributed by atoms with Crippen molar-refractivity contribution >= 4 is 11.6 Å². The van der Waals surface area contributed by atoms with E-state index in [1.54, 1.807) is 6.20 Å². The Balaban J connectivity index is 1.65. The minimum atomic E-state index is 0.0717. The number of aromatic nitrogens is 4. The number of hydrogen-bond donors (Lipinski definition) is 1. The Morgan fingerprint density at radius 2 is 2.07 bits per heavy atom. The number of hydrogen-bond acceptors (Lipinski definition) is 3. The predicted octanol–water partition coefficient (Wildman–Crippen LogP) is 3.51. The second-order valence-corrected chi connectivity index (χ2v) is 7.28. The normalized spacial score (nSPS) is 17.1. The molecule has 1 N–H and O–H groups in total. The van der Waals surface area contributed by atoms with Gasteiger partial charge in [-0.3, -0.25) is 9.48 Å². The quantitative estimate of drug-likeness (QED) is 0.771. The number of para-hydroxylation sites is 1. The number of aromatic amines is 1. The van der Waals surface area contributed by atoms with Crippen molar-refractivity contribution in [2.45, 2.75) is 39.5 Å². The molecule has 4 rings (SSSR count). The number of carbonyl (C=O) groups is 1. The maximum Gasteiger partial charge on any atom is 0.227 e. The van der Waals surface area contributed by atoms with Crippen LogP contribution in [-0.4, -0.2) is 32.2 Å². The smallest absolute Gasteiger partial charge is 0.227 e. The van der Waals surface area contributed by atoms with Crippen LogP contribution in [0, 0.1) is 13.8 Å². The fourth-order valence-electron chi connectivity index (χ4n) is 4.03. The van der Waals surface area contributed by atoms with Crippen LogP contribution in [0.2, 0.25) is 0 Å². The molecule has 27 heavy (non-hydrogen) atoms. The minimum Gasteiger partial charge on any atom is -0.345 e. The molecule has 1 aliphatic heterocycles. The van der Waals surface area contributed by atoms with Crippen LogP contribution in [0.4, 0.5) is 5.69 Å². The van der Waals surface area contributed by atoms with Gasteiger partial charge >= 0.3 is 0 Å². The van der Waals surface area contributed by atoms with Crippen molar-refractivity contribution < 1.29 is 4.79 Å². The number of imidazole rings is 1. The molecule has 1 aliphatic rings. The summed E-state index contributed by atoms with van der Waals surface area (Å²) in [5.74, 6) is 1.12. The summed E-state index contributed by atoms with van der Waals surface area (Å²) in [5.41, 5.74) is 6.32. The third-order valence-electron chi connectivity index (χ3n) is 5.45. The molecular weight excluding hydrogens is 338 g/mol. The maximum atomic E-state index is 12.8. The average molecular weight is 363 g/mol. The number of benzene rings is 1. The fourth-order valence-corrected chi connectivity index (χ4v) is 4.03. The molecule has 2 aromatic heterocycles. The first-order valence-corrected chi connectivity index (χ1v) is 9.43. The van der Waals surface area contributed by atoms with Crippen LogP contribution < -0.4 is 4.90 Å². The Morgan fingerprint density at radius 1 is 1.26 bits per heavy atom. The molecule has 1 unspecified atom stereocenters. The Kier molecular flexibility index (Phi) is 4.34. The Morgan fingerprint density at radius 3 is 2.78 bits per heavy atom. The van der Waals surface area contributed by atoms with Crippen LogP contribution >= 0.6 is 0 Å². The standard InChI is InChI=1S/C21H25N5O/c1-5-15-8-6-7-13(2)20(15)26-12-16(11-18(26)27)21-23-14(3)19(24-21)17-9-10-22-25(17)4/h6-10,16H,5,11-12H2,1-4H3,(H,23,24). The molecule has 6 heteroatoms. The molecule has 6 nitrogen and oxygen atoms in total. The molecule has 0 aliphatic carbocycles. The first-order chi connectivity index (χ1) is 13.0. The van der Waals surface area contributed by atoms with Gasteiger partial charge in [-0.25, -0.2) is 4.98 Å². The molecule has 0 bridgehead atoms. The van der Waals surface area contributed by atoms with Crippen LogP contribution in [0.1, 0.15) is 41.9 Å². The SMILES string of the molecule is CCc1cccc(C)c1N1CC(c2nc(-c3ccnn3C)c(C)[nH]2)CC1=O. The second-order valence-electron chi connectivity index (χ2n) is 7.28. The predicted molar refractivity (Wildman–Crippen MR) is 106 cm³/mol. The van der Waals surface area contributed by atoms with Crippen molar-refractivity contribution in [1.82, 2.24) is 19.7 Å². The van der Waals surface area contributed by atoms with E-state index in [2.05, 4.69) is 42.1 Å². The van der Waals surface area contributed by atoms with Crippen molar-refractivity contribution in [2.24, 2.45) is 7.05 Å². The summed E-state index contributed by atoms with van der Waals surface area (Å²) in [6.07, 6.45) is 3.17. The largest absolute Gasteiger partial charge is 0.345 e. The third kappa shape index (κ3) is 2.95. The van der Waals surface area contributed by atoms with E-state index in [4.69, 9.17) is 4.98 Å². The number of carbonyl (C=O) groups excluding carboxylic acids is 1. The highest BCUT2D eigenvalue weighted by molar-refractivity contribution is 5.97. The second kappa shape index (κ2) is 6.68. The summed E-state index contributed by atoms with van der Waals surface area (Å²) >= 11 is 0. The first kappa shape index (κ1) is 17.5. The van der Waals surface area contributed by atoms with E-state index >= 15 is 0 Å². The summed E-state index contributed by atoms with van der Waals surface area (Å²) in [7, 11) is 1.91. The number of nitrogens with zero attached hydrogens (tertiary/aromatic N) is 4. The molecule has 1 atom stereocenters. The van der Waals surface area contributed by atoms with Crippen molar-refractivity contribution in [3.05, 3.63) is 53.1 Å². The lowest BCUT2D eigenvalue weighted by atomic mass is 10.0.